The van der Waals surface area contributed by atoms with E-state index >= 15 is 0 Å². The third kappa shape index (κ3) is 3.94. The fraction of sp³-hybridized carbons (Fsp3) is 0.368. The van der Waals surface area contributed by atoms with Crippen LogP contribution in [0.15, 0.2) is 42.6 Å². The van der Waals surface area contributed by atoms with E-state index in [2.05, 4.69) is 5.32 Å². The van der Waals surface area contributed by atoms with Gasteiger partial charge in [0.15, 0.2) is 0 Å². The van der Waals surface area contributed by atoms with E-state index in [0.717, 1.165) is 0 Å². The quantitative estimate of drug-likeness (QED) is 0.814. The van der Waals surface area contributed by atoms with Gasteiger partial charge in [-0.05, 0) is 23.8 Å². The van der Waals surface area contributed by atoms with Crippen molar-refractivity contribution in [2.24, 2.45) is 0 Å². The van der Waals surface area contributed by atoms with Gasteiger partial charge in [-0.2, -0.15) is 0 Å². The number of hydrogen-bond donors (Lipinski definition) is 1. The van der Waals surface area contributed by atoms with Crippen LogP contribution >= 0.6 is 0 Å². The van der Waals surface area contributed by atoms with Crippen molar-refractivity contribution in [3.05, 3.63) is 59.7 Å². The summed E-state index contributed by atoms with van der Waals surface area (Å²) in [5.41, 5.74) is 0.990. The van der Waals surface area contributed by atoms with Gasteiger partial charge in [-0.1, -0.05) is 18.2 Å². The Morgan fingerprint density at radius 3 is 2.88 bits per heavy atom. The SMILES string of the molecule is COCCN1C(=O)c2cccn2CC1CNC(=O)Cc1ccccc1F. The highest BCUT2D eigenvalue weighted by Gasteiger charge is 2.31. The van der Waals surface area contributed by atoms with Crippen LogP contribution in [0.1, 0.15) is 16.1 Å². The summed E-state index contributed by atoms with van der Waals surface area (Å²) in [6.45, 7) is 1.78. The molecule has 0 radical (unpaired) electrons. The fourth-order valence-corrected chi connectivity index (χ4v) is 3.16. The molecular weight excluding hydrogens is 337 g/mol. The lowest BCUT2D eigenvalue weighted by atomic mass is 10.1. The molecule has 7 heteroatoms. The molecule has 2 aromatic rings. The van der Waals surface area contributed by atoms with Gasteiger partial charge in [-0.15, -0.1) is 0 Å². The summed E-state index contributed by atoms with van der Waals surface area (Å²) in [5, 5.41) is 2.82. The van der Waals surface area contributed by atoms with E-state index < -0.39 is 5.82 Å². The molecule has 0 aliphatic carbocycles. The molecule has 0 bridgehead atoms. The largest absolute Gasteiger partial charge is 0.383 e. The zero-order chi connectivity index (χ0) is 18.5. The fourth-order valence-electron chi connectivity index (χ4n) is 3.16. The van der Waals surface area contributed by atoms with Gasteiger partial charge in [0.2, 0.25) is 5.91 Å². The number of ether oxygens (including phenoxy) is 1. The number of aromatic nitrogens is 1. The monoisotopic (exact) mass is 359 g/mol. The molecule has 26 heavy (non-hydrogen) atoms. The van der Waals surface area contributed by atoms with Crippen LogP contribution in [0.2, 0.25) is 0 Å². The second kappa shape index (κ2) is 8.14. The second-order valence-corrected chi connectivity index (χ2v) is 6.26. The van der Waals surface area contributed by atoms with E-state index in [-0.39, 0.29) is 24.3 Å². The number of fused-ring (bicyclic) bond motifs is 1. The Labute approximate surface area is 151 Å². The number of hydrogen-bond acceptors (Lipinski definition) is 3. The van der Waals surface area contributed by atoms with Crippen LogP contribution in [0.3, 0.4) is 0 Å². The van der Waals surface area contributed by atoms with Crippen LogP contribution in [0, 0.1) is 5.82 Å². The number of rotatable bonds is 7. The maximum absolute atomic E-state index is 13.7. The Hall–Kier alpha value is -2.67. The topological polar surface area (TPSA) is 63.6 Å². The van der Waals surface area contributed by atoms with E-state index in [1.54, 1.807) is 36.3 Å². The molecule has 1 N–H and O–H groups in total. The van der Waals surface area contributed by atoms with Gasteiger partial charge in [0, 0.05) is 32.9 Å². The first-order chi connectivity index (χ1) is 12.6. The number of amides is 2. The number of nitrogens with one attached hydrogen (secondary N) is 1. The molecule has 2 amide bonds. The van der Waals surface area contributed by atoms with E-state index in [1.165, 1.54) is 6.07 Å². The second-order valence-electron chi connectivity index (χ2n) is 6.26. The average Bonchev–Trinajstić information content (AvgIpc) is 3.10. The number of benzene rings is 1. The van der Waals surface area contributed by atoms with Crippen molar-refractivity contribution in [3.63, 3.8) is 0 Å². The molecular formula is C19H22FN3O3. The Kier molecular flexibility index (Phi) is 5.68. The molecule has 0 fully saturated rings. The minimum Gasteiger partial charge on any atom is -0.383 e. The zero-order valence-electron chi connectivity index (χ0n) is 14.7. The Bertz CT molecular complexity index is 790. The molecule has 138 valence electrons. The van der Waals surface area contributed by atoms with Crippen LogP contribution in [-0.4, -0.2) is 54.1 Å². The molecule has 2 heterocycles. The third-order valence-corrected chi connectivity index (χ3v) is 4.54. The van der Waals surface area contributed by atoms with Crippen LogP contribution in [0.5, 0.6) is 0 Å². The lowest BCUT2D eigenvalue weighted by Gasteiger charge is -2.36. The lowest BCUT2D eigenvalue weighted by molar-refractivity contribution is -0.120. The molecule has 1 aromatic heterocycles. The smallest absolute Gasteiger partial charge is 0.270 e. The molecule has 0 saturated heterocycles. The minimum absolute atomic E-state index is 0.0276. The zero-order valence-corrected chi connectivity index (χ0v) is 14.7. The van der Waals surface area contributed by atoms with Crippen molar-refractivity contribution in [1.29, 1.82) is 0 Å². The van der Waals surface area contributed by atoms with E-state index in [1.807, 2.05) is 16.8 Å². The van der Waals surface area contributed by atoms with Crippen molar-refractivity contribution in [2.75, 3.05) is 26.8 Å². The number of halogens is 1. The van der Waals surface area contributed by atoms with Gasteiger partial charge in [-0.3, -0.25) is 9.59 Å². The van der Waals surface area contributed by atoms with Crippen molar-refractivity contribution in [1.82, 2.24) is 14.8 Å². The highest BCUT2D eigenvalue weighted by molar-refractivity contribution is 5.93. The van der Waals surface area contributed by atoms with E-state index in [9.17, 15) is 14.0 Å². The van der Waals surface area contributed by atoms with Gasteiger partial charge < -0.3 is 19.5 Å². The summed E-state index contributed by atoms with van der Waals surface area (Å²) in [6.07, 6.45) is 1.83. The Balaban J connectivity index is 1.64. The van der Waals surface area contributed by atoms with Crippen molar-refractivity contribution >= 4 is 11.8 Å². The first kappa shape index (κ1) is 18.1. The van der Waals surface area contributed by atoms with Crippen LogP contribution in [0.4, 0.5) is 4.39 Å². The van der Waals surface area contributed by atoms with E-state index in [0.29, 0.717) is 37.5 Å². The molecule has 1 aliphatic heterocycles. The molecule has 1 aliphatic rings. The van der Waals surface area contributed by atoms with Crippen LogP contribution in [0.25, 0.3) is 0 Å². The summed E-state index contributed by atoms with van der Waals surface area (Å²) in [7, 11) is 1.59. The molecule has 1 atom stereocenters. The van der Waals surface area contributed by atoms with Gasteiger partial charge >= 0.3 is 0 Å². The van der Waals surface area contributed by atoms with Crippen molar-refractivity contribution in [3.8, 4) is 0 Å². The van der Waals surface area contributed by atoms with Gasteiger partial charge in [0.1, 0.15) is 11.5 Å². The summed E-state index contributed by atoms with van der Waals surface area (Å²) in [5.74, 6) is -0.742. The predicted molar refractivity (Wildman–Crippen MR) is 94.2 cm³/mol. The first-order valence-corrected chi connectivity index (χ1v) is 8.55. The molecule has 1 aromatic carbocycles. The molecule has 0 spiro atoms. The maximum Gasteiger partial charge on any atom is 0.270 e. The Morgan fingerprint density at radius 1 is 1.31 bits per heavy atom. The number of carbonyl (C=O) groups is 2. The van der Waals surface area contributed by atoms with Gasteiger partial charge in [0.25, 0.3) is 5.91 Å². The summed E-state index contributed by atoms with van der Waals surface area (Å²) < 4.78 is 20.7. The highest BCUT2D eigenvalue weighted by Crippen LogP contribution is 2.18. The maximum atomic E-state index is 13.7. The lowest BCUT2D eigenvalue weighted by Crippen LogP contribution is -2.53. The van der Waals surface area contributed by atoms with E-state index in [4.69, 9.17) is 4.74 Å². The number of nitrogens with zero attached hydrogens (tertiary/aromatic N) is 2. The average molecular weight is 359 g/mol. The molecule has 6 nitrogen and oxygen atoms in total. The molecule has 0 saturated carbocycles. The Morgan fingerprint density at radius 2 is 2.12 bits per heavy atom. The summed E-state index contributed by atoms with van der Waals surface area (Å²) >= 11 is 0. The molecule has 1 unspecified atom stereocenters. The highest BCUT2D eigenvalue weighted by atomic mass is 19.1. The standard InChI is InChI=1S/C19H22FN3O3/c1-26-10-9-23-15(13-22-8-4-7-17(22)19(23)25)12-21-18(24)11-14-5-2-3-6-16(14)20/h2-8,15H,9-13H2,1H3,(H,21,24). The minimum atomic E-state index is -0.394. The summed E-state index contributed by atoms with van der Waals surface area (Å²) in [6, 6.07) is 9.66. The van der Waals surface area contributed by atoms with Crippen LogP contribution < -0.4 is 5.32 Å². The normalized spacial score (nSPS) is 16.5. The van der Waals surface area contributed by atoms with Crippen molar-refractivity contribution < 1.29 is 18.7 Å². The number of methoxy groups -OCH3 is 1. The third-order valence-electron chi connectivity index (χ3n) is 4.54. The molecule has 3 rings (SSSR count). The van der Waals surface area contributed by atoms with Crippen LogP contribution in [-0.2, 0) is 22.5 Å². The number of carbonyl (C=O) groups excluding carboxylic acids is 2. The van der Waals surface area contributed by atoms with Crippen molar-refractivity contribution in [2.45, 2.75) is 19.0 Å². The first-order valence-electron chi connectivity index (χ1n) is 8.55. The van der Waals surface area contributed by atoms with Gasteiger partial charge in [-0.25, -0.2) is 4.39 Å². The predicted octanol–water partition coefficient (Wildman–Crippen LogP) is 1.46. The van der Waals surface area contributed by atoms with Gasteiger partial charge in [0.05, 0.1) is 19.1 Å². The summed E-state index contributed by atoms with van der Waals surface area (Å²) in [4.78, 5) is 26.6.